The van der Waals surface area contributed by atoms with Crippen LogP contribution >= 0.6 is 11.6 Å². The van der Waals surface area contributed by atoms with Crippen LogP contribution in [-0.2, 0) is 0 Å². The molecular formula is CH4BFS. The summed E-state index contributed by atoms with van der Waals surface area (Å²) in [6.45, 7) is -0.264. The van der Waals surface area contributed by atoms with Gasteiger partial charge in [-0.1, -0.05) is 0 Å². The van der Waals surface area contributed by atoms with E-state index >= 15 is 0 Å². The van der Waals surface area contributed by atoms with Crippen molar-refractivity contribution in [1.29, 1.82) is 0 Å². The van der Waals surface area contributed by atoms with Crippen LogP contribution in [0, 0.1) is 0 Å². The van der Waals surface area contributed by atoms with Crippen LogP contribution in [0.3, 0.4) is 0 Å². The van der Waals surface area contributed by atoms with Gasteiger partial charge >= 0.3 is 6.84 Å². The molecular weight excluding hydrogens is 73.9 g/mol. The fraction of sp³-hybridized carbons (Fsp3) is 1.00. The number of hydrogen-bond donors (Lipinski definition) is 0. The zero-order valence-electron chi connectivity index (χ0n) is 2.49. The Morgan fingerprint density at radius 1 is 2.00 bits per heavy atom. The summed E-state index contributed by atoms with van der Waals surface area (Å²) in [6, 6.07) is 0. The minimum absolute atomic E-state index is 0.264. The summed E-state index contributed by atoms with van der Waals surface area (Å²) >= 11 is 1.19. The van der Waals surface area contributed by atoms with Gasteiger partial charge in [-0.3, -0.25) is 0 Å². The van der Waals surface area contributed by atoms with Gasteiger partial charge in [0.15, 0.2) is 0 Å². The van der Waals surface area contributed by atoms with Crippen LogP contribution in [0.5, 0.6) is 0 Å². The van der Waals surface area contributed by atoms with Crippen molar-refractivity contribution in [1.82, 2.24) is 0 Å². The molecule has 4 heavy (non-hydrogen) atoms. The van der Waals surface area contributed by atoms with E-state index in [1.165, 1.54) is 11.6 Å². The molecule has 0 radical (unpaired) electrons. The molecule has 0 aromatic rings. The molecule has 0 atom stereocenters. The van der Waals surface area contributed by atoms with Gasteiger partial charge < -0.3 is 4.32 Å². The van der Waals surface area contributed by atoms with Crippen LogP contribution < -0.4 is 0 Å². The summed E-state index contributed by atoms with van der Waals surface area (Å²) in [6.07, 6.45) is 1.72. The fourth-order valence-corrected chi connectivity index (χ4v) is 0. The van der Waals surface area contributed by atoms with Crippen LogP contribution in [0.1, 0.15) is 0 Å². The molecule has 0 fully saturated rings. The summed E-state index contributed by atoms with van der Waals surface area (Å²) in [4.78, 5) is 0. The van der Waals surface area contributed by atoms with E-state index in [-0.39, 0.29) is 6.84 Å². The van der Waals surface area contributed by atoms with Gasteiger partial charge in [-0.25, -0.2) is 0 Å². The van der Waals surface area contributed by atoms with E-state index in [2.05, 4.69) is 0 Å². The Balaban J connectivity index is 1.97. The van der Waals surface area contributed by atoms with Gasteiger partial charge in [-0.05, 0) is 6.26 Å². The Hall–Kier alpha value is 0.345. The minimum atomic E-state index is -0.264. The Labute approximate surface area is 30.0 Å². The Bertz CT molecular complexity index is 10.0. The predicted octanol–water partition coefficient (Wildman–Crippen LogP) is 0.585. The summed E-state index contributed by atoms with van der Waals surface area (Å²) in [5.74, 6) is 0. The molecule has 0 amide bonds. The highest BCUT2D eigenvalue weighted by Gasteiger charge is 1.68. The van der Waals surface area contributed by atoms with Gasteiger partial charge in [0.1, 0.15) is 0 Å². The summed E-state index contributed by atoms with van der Waals surface area (Å²) < 4.78 is 10.7. The Kier molecular flexibility index (Phi) is 3.63. The molecule has 0 saturated heterocycles. The van der Waals surface area contributed by atoms with Crippen molar-refractivity contribution in [3.63, 3.8) is 0 Å². The van der Waals surface area contributed by atoms with Crippen LogP contribution in [0.4, 0.5) is 4.32 Å². The van der Waals surface area contributed by atoms with Crippen molar-refractivity contribution in [3.8, 4) is 0 Å². The predicted molar refractivity (Wildman–Crippen MR) is 21.8 cm³/mol. The fourth-order valence-electron chi connectivity index (χ4n) is 0. The topological polar surface area (TPSA) is 0 Å². The van der Waals surface area contributed by atoms with Crippen molar-refractivity contribution in [3.05, 3.63) is 0 Å². The molecule has 0 spiro atoms. The normalized spacial score (nSPS) is 6.50. The third kappa shape index (κ3) is 2.34. The zero-order valence-corrected chi connectivity index (χ0v) is 3.31. The van der Waals surface area contributed by atoms with Gasteiger partial charge in [0.25, 0.3) is 0 Å². The highest BCUT2D eigenvalue weighted by Crippen LogP contribution is 1.82. The molecule has 0 aliphatic carbocycles. The molecule has 0 nitrogen and oxygen atoms in total. The molecule has 0 aliphatic heterocycles. The highest BCUT2D eigenvalue weighted by atomic mass is 32.2. The van der Waals surface area contributed by atoms with Crippen molar-refractivity contribution in [2.75, 3.05) is 6.26 Å². The van der Waals surface area contributed by atoms with E-state index in [1.54, 1.807) is 6.26 Å². The van der Waals surface area contributed by atoms with E-state index < -0.39 is 0 Å². The quantitative estimate of drug-likeness (QED) is 0.413. The van der Waals surface area contributed by atoms with E-state index in [0.717, 1.165) is 0 Å². The van der Waals surface area contributed by atoms with Crippen molar-refractivity contribution < 1.29 is 4.32 Å². The molecule has 3 heteroatoms. The summed E-state index contributed by atoms with van der Waals surface area (Å²) in [7, 11) is 0. The van der Waals surface area contributed by atoms with Gasteiger partial charge in [0.2, 0.25) is 0 Å². The Morgan fingerprint density at radius 3 is 2.25 bits per heavy atom. The molecule has 0 saturated carbocycles. The molecule has 0 aromatic carbocycles. The molecule has 0 unspecified atom stereocenters. The molecule has 0 heterocycles. The minimum Gasteiger partial charge on any atom is -0.325 e. The largest absolute Gasteiger partial charge is 0.395 e. The first-order chi connectivity index (χ1) is 1.91. The lowest BCUT2D eigenvalue weighted by molar-refractivity contribution is 0.895. The SMILES string of the molecule is CSBF. The zero-order chi connectivity index (χ0) is 3.41. The van der Waals surface area contributed by atoms with E-state index in [4.69, 9.17) is 0 Å². The van der Waals surface area contributed by atoms with Crippen molar-refractivity contribution in [2.24, 2.45) is 0 Å². The molecule has 0 aromatic heterocycles. The first-order valence-corrected chi connectivity index (χ1v) is 2.36. The second kappa shape index (κ2) is 3.34. The van der Waals surface area contributed by atoms with Gasteiger partial charge in [-0.15, -0.1) is 0 Å². The molecule has 24 valence electrons. The first kappa shape index (κ1) is 4.34. The lowest BCUT2D eigenvalue weighted by Gasteiger charge is -1.62. The third-order valence-corrected chi connectivity index (χ3v) is 0.327. The molecule has 0 rings (SSSR count). The smallest absolute Gasteiger partial charge is 0.325 e. The van der Waals surface area contributed by atoms with E-state index in [0.29, 0.717) is 0 Å². The lowest BCUT2D eigenvalue weighted by atomic mass is 10.6. The highest BCUT2D eigenvalue weighted by molar-refractivity contribution is 8.21. The summed E-state index contributed by atoms with van der Waals surface area (Å²) in [5, 5.41) is 0. The number of hydrogen-bond acceptors (Lipinski definition) is 1. The van der Waals surface area contributed by atoms with Gasteiger partial charge in [0, 0.05) is 0 Å². The Morgan fingerprint density at radius 2 is 2.25 bits per heavy atom. The number of rotatable bonds is 1. The second-order valence-corrected chi connectivity index (χ2v) is 1.19. The van der Waals surface area contributed by atoms with Crippen molar-refractivity contribution >= 4 is 18.4 Å². The van der Waals surface area contributed by atoms with E-state index in [9.17, 15) is 4.32 Å². The summed E-state index contributed by atoms with van der Waals surface area (Å²) in [5.41, 5.74) is 0. The lowest BCUT2D eigenvalue weighted by Crippen LogP contribution is -1.56. The first-order valence-electron chi connectivity index (χ1n) is 0.964. The van der Waals surface area contributed by atoms with Crippen LogP contribution in [0.15, 0.2) is 0 Å². The van der Waals surface area contributed by atoms with Crippen molar-refractivity contribution in [2.45, 2.75) is 0 Å². The van der Waals surface area contributed by atoms with Crippen LogP contribution in [0.2, 0.25) is 0 Å². The number of halogens is 1. The third-order valence-electron chi connectivity index (χ3n) is 0.109. The molecule has 0 bridgehead atoms. The van der Waals surface area contributed by atoms with Gasteiger partial charge in [-0.2, -0.15) is 11.6 Å². The van der Waals surface area contributed by atoms with E-state index in [1.807, 2.05) is 0 Å². The molecule has 0 N–H and O–H groups in total. The maximum absolute atomic E-state index is 10.7. The standard InChI is InChI=1S/CH4BFS/c1-4-2-3/h2H,1H3. The monoisotopic (exact) mass is 78.0 g/mol. The van der Waals surface area contributed by atoms with Gasteiger partial charge in [0.05, 0.1) is 0 Å². The molecule has 0 aliphatic rings. The van der Waals surface area contributed by atoms with Crippen LogP contribution in [-0.4, -0.2) is 13.1 Å². The maximum atomic E-state index is 10.7. The average molecular weight is 77.9 g/mol. The van der Waals surface area contributed by atoms with Crippen LogP contribution in [0.25, 0.3) is 0 Å². The second-order valence-electron chi connectivity index (χ2n) is 0.398. The maximum Gasteiger partial charge on any atom is 0.395 e. The average Bonchev–Trinajstić information content (AvgIpc) is 1.37.